The molecule has 0 saturated carbocycles. The molecule has 0 saturated heterocycles. The number of nitrogens with two attached hydrogens (primary N) is 1. The molecule has 0 amide bonds. The predicted octanol–water partition coefficient (Wildman–Crippen LogP) is 2.15. The third-order valence-electron chi connectivity index (χ3n) is 2.29. The Morgan fingerprint density at radius 1 is 1.27 bits per heavy atom. The van der Waals surface area contributed by atoms with Crippen LogP contribution in [-0.4, -0.2) is 9.78 Å². The molecule has 1 aromatic heterocycles. The molecule has 2 aromatic rings. The van der Waals surface area contributed by atoms with Crippen LogP contribution in [0.5, 0.6) is 0 Å². The predicted molar refractivity (Wildman–Crippen MR) is 63.4 cm³/mol. The first-order valence-corrected chi connectivity index (χ1v) is 5.54. The lowest BCUT2D eigenvalue weighted by molar-refractivity contribution is 0.644. The van der Waals surface area contributed by atoms with Crippen LogP contribution < -0.4 is 5.73 Å². The molecule has 0 bridgehead atoms. The molecule has 4 heteroatoms. The number of hydrogen-bond donors (Lipinski definition) is 1. The maximum absolute atomic E-state index is 5.61. The number of nitrogens with zero attached hydrogens (tertiary/aromatic N) is 2. The van der Waals surface area contributed by atoms with Crippen LogP contribution in [0, 0.1) is 0 Å². The summed E-state index contributed by atoms with van der Waals surface area (Å²) in [5.74, 6) is 0. The molecule has 1 aromatic carbocycles. The zero-order valence-corrected chi connectivity index (χ0v) is 9.81. The lowest BCUT2D eigenvalue weighted by Gasteiger charge is -2.07. The molecule has 0 radical (unpaired) electrons. The highest BCUT2D eigenvalue weighted by atomic mass is 79.9. The Labute approximate surface area is 97.0 Å². The van der Waals surface area contributed by atoms with Gasteiger partial charge >= 0.3 is 0 Å². The van der Waals surface area contributed by atoms with Crippen molar-refractivity contribution < 1.29 is 0 Å². The quantitative estimate of drug-likeness (QED) is 0.925. The molecule has 2 rings (SSSR count). The van der Waals surface area contributed by atoms with Crippen molar-refractivity contribution in [3.05, 3.63) is 52.3 Å². The molecule has 1 heterocycles. The SMILES string of the molecule is NCc1ccnn1Cc1ccccc1Br. The van der Waals surface area contributed by atoms with E-state index in [4.69, 9.17) is 5.73 Å². The van der Waals surface area contributed by atoms with Gasteiger partial charge in [0.2, 0.25) is 0 Å². The van der Waals surface area contributed by atoms with Crippen LogP contribution in [0.25, 0.3) is 0 Å². The topological polar surface area (TPSA) is 43.8 Å². The van der Waals surface area contributed by atoms with Gasteiger partial charge in [-0.1, -0.05) is 34.1 Å². The smallest absolute Gasteiger partial charge is 0.0674 e. The lowest BCUT2D eigenvalue weighted by atomic mass is 10.2. The summed E-state index contributed by atoms with van der Waals surface area (Å²) in [4.78, 5) is 0. The largest absolute Gasteiger partial charge is 0.325 e. The normalized spacial score (nSPS) is 10.5. The molecule has 0 aliphatic rings. The fourth-order valence-electron chi connectivity index (χ4n) is 1.46. The van der Waals surface area contributed by atoms with Gasteiger partial charge in [-0.05, 0) is 17.7 Å². The van der Waals surface area contributed by atoms with Gasteiger partial charge in [0, 0.05) is 17.2 Å². The van der Waals surface area contributed by atoms with Crippen molar-refractivity contribution in [1.29, 1.82) is 0 Å². The van der Waals surface area contributed by atoms with Crippen molar-refractivity contribution >= 4 is 15.9 Å². The summed E-state index contributed by atoms with van der Waals surface area (Å²) in [6.45, 7) is 1.27. The summed E-state index contributed by atoms with van der Waals surface area (Å²) in [6, 6.07) is 10.1. The van der Waals surface area contributed by atoms with Crippen molar-refractivity contribution in [3.8, 4) is 0 Å². The maximum atomic E-state index is 5.61. The van der Waals surface area contributed by atoms with Crippen molar-refractivity contribution in [3.63, 3.8) is 0 Å². The number of aromatic nitrogens is 2. The van der Waals surface area contributed by atoms with E-state index in [0.29, 0.717) is 6.54 Å². The van der Waals surface area contributed by atoms with Crippen LogP contribution >= 0.6 is 15.9 Å². The molecule has 78 valence electrons. The van der Waals surface area contributed by atoms with Gasteiger partial charge in [0.1, 0.15) is 0 Å². The van der Waals surface area contributed by atoms with Crippen LogP contribution in [0.15, 0.2) is 41.0 Å². The van der Waals surface area contributed by atoms with Crippen LogP contribution in [0.2, 0.25) is 0 Å². The standard InChI is InChI=1S/C11H12BrN3/c12-11-4-2-1-3-9(11)8-15-10(7-13)5-6-14-15/h1-6H,7-8,13H2. The van der Waals surface area contributed by atoms with E-state index in [1.165, 1.54) is 5.56 Å². The van der Waals surface area contributed by atoms with E-state index in [1.807, 2.05) is 28.9 Å². The van der Waals surface area contributed by atoms with Gasteiger partial charge in [-0.3, -0.25) is 4.68 Å². The Morgan fingerprint density at radius 3 is 2.80 bits per heavy atom. The highest BCUT2D eigenvalue weighted by Crippen LogP contribution is 2.17. The number of rotatable bonds is 3. The lowest BCUT2D eigenvalue weighted by Crippen LogP contribution is -2.09. The van der Waals surface area contributed by atoms with E-state index >= 15 is 0 Å². The van der Waals surface area contributed by atoms with Gasteiger partial charge in [0.05, 0.1) is 12.2 Å². The molecular weight excluding hydrogens is 254 g/mol. The van der Waals surface area contributed by atoms with Crippen LogP contribution in [-0.2, 0) is 13.1 Å². The third-order valence-corrected chi connectivity index (χ3v) is 3.07. The highest BCUT2D eigenvalue weighted by Gasteiger charge is 2.03. The molecule has 0 spiro atoms. The van der Waals surface area contributed by atoms with Gasteiger partial charge in [0.25, 0.3) is 0 Å². The summed E-state index contributed by atoms with van der Waals surface area (Å²) in [6.07, 6.45) is 1.78. The molecule has 0 aliphatic carbocycles. The minimum absolute atomic E-state index is 0.518. The van der Waals surface area contributed by atoms with Crippen LogP contribution in [0.4, 0.5) is 0 Å². The monoisotopic (exact) mass is 265 g/mol. The zero-order chi connectivity index (χ0) is 10.7. The molecule has 0 fully saturated rings. The van der Waals surface area contributed by atoms with E-state index in [1.54, 1.807) is 6.20 Å². The molecule has 2 N–H and O–H groups in total. The van der Waals surface area contributed by atoms with Gasteiger partial charge < -0.3 is 5.73 Å². The van der Waals surface area contributed by atoms with Crippen molar-refractivity contribution in [2.24, 2.45) is 5.73 Å². The Morgan fingerprint density at radius 2 is 2.07 bits per heavy atom. The second kappa shape index (κ2) is 4.59. The summed E-state index contributed by atoms with van der Waals surface area (Å²) in [7, 11) is 0. The van der Waals surface area contributed by atoms with Crippen LogP contribution in [0.3, 0.4) is 0 Å². The fourth-order valence-corrected chi connectivity index (χ4v) is 1.87. The van der Waals surface area contributed by atoms with Crippen molar-refractivity contribution in [1.82, 2.24) is 9.78 Å². The molecule has 0 aliphatic heterocycles. The Kier molecular flexibility index (Phi) is 3.18. The minimum atomic E-state index is 0.518. The molecular formula is C11H12BrN3. The Balaban J connectivity index is 2.26. The van der Waals surface area contributed by atoms with E-state index in [9.17, 15) is 0 Å². The van der Waals surface area contributed by atoms with Gasteiger partial charge in [-0.2, -0.15) is 5.10 Å². The molecule has 0 atom stereocenters. The Bertz CT molecular complexity index is 451. The molecule has 15 heavy (non-hydrogen) atoms. The average Bonchev–Trinajstić information content (AvgIpc) is 2.69. The van der Waals surface area contributed by atoms with Gasteiger partial charge in [0.15, 0.2) is 0 Å². The zero-order valence-electron chi connectivity index (χ0n) is 8.23. The van der Waals surface area contributed by atoms with E-state index < -0.39 is 0 Å². The molecule has 3 nitrogen and oxygen atoms in total. The number of halogens is 1. The first-order chi connectivity index (χ1) is 7.31. The second-order valence-electron chi connectivity index (χ2n) is 3.28. The first kappa shape index (κ1) is 10.4. The Hall–Kier alpha value is -1.13. The minimum Gasteiger partial charge on any atom is -0.325 e. The van der Waals surface area contributed by atoms with Gasteiger partial charge in [-0.25, -0.2) is 0 Å². The average molecular weight is 266 g/mol. The third kappa shape index (κ3) is 2.27. The number of hydrogen-bond acceptors (Lipinski definition) is 2. The van der Waals surface area contributed by atoms with E-state index in [0.717, 1.165) is 16.7 Å². The first-order valence-electron chi connectivity index (χ1n) is 4.75. The van der Waals surface area contributed by atoms with Crippen molar-refractivity contribution in [2.75, 3.05) is 0 Å². The summed E-state index contributed by atoms with van der Waals surface area (Å²) in [5.41, 5.74) is 7.87. The second-order valence-corrected chi connectivity index (χ2v) is 4.13. The maximum Gasteiger partial charge on any atom is 0.0674 e. The number of benzene rings is 1. The fraction of sp³-hybridized carbons (Fsp3) is 0.182. The van der Waals surface area contributed by atoms with E-state index in [-0.39, 0.29) is 0 Å². The van der Waals surface area contributed by atoms with Crippen LogP contribution in [0.1, 0.15) is 11.3 Å². The summed E-state index contributed by atoms with van der Waals surface area (Å²) in [5, 5.41) is 4.24. The summed E-state index contributed by atoms with van der Waals surface area (Å²) < 4.78 is 3.02. The van der Waals surface area contributed by atoms with E-state index in [2.05, 4.69) is 27.1 Å². The molecule has 0 unspecified atom stereocenters. The summed E-state index contributed by atoms with van der Waals surface area (Å²) >= 11 is 3.52. The highest BCUT2D eigenvalue weighted by molar-refractivity contribution is 9.10. The van der Waals surface area contributed by atoms with Crippen molar-refractivity contribution in [2.45, 2.75) is 13.1 Å². The van der Waals surface area contributed by atoms with Gasteiger partial charge in [-0.15, -0.1) is 0 Å².